The van der Waals surface area contributed by atoms with Crippen LogP contribution in [0.1, 0.15) is 106 Å². The summed E-state index contributed by atoms with van der Waals surface area (Å²) in [5.74, 6) is -0.0542. The molecule has 3 saturated carbocycles. The number of hydrogen-bond donors (Lipinski definition) is 2. The second kappa shape index (κ2) is 8.38. The zero-order valence-electron chi connectivity index (χ0n) is 23.9. The van der Waals surface area contributed by atoms with E-state index in [-0.39, 0.29) is 28.1 Å². The van der Waals surface area contributed by atoms with Gasteiger partial charge in [0.15, 0.2) is 0 Å². The average molecular weight is 516 g/mol. The number of carbonyl (C=O) groups is 2. The first kappa shape index (κ1) is 27.3. The lowest BCUT2D eigenvalue weighted by Gasteiger charge is -2.64. The van der Waals surface area contributed by atoms with Crippen LogP contribution in [0.15, 0.2) is 11.1 Å². The first-order valence-corrected chi connectivity index (χ1v) is 14.5. The molecule has 0 aromatic rings. The van der Waals surface area contributed by atoms with Crippen molar-refractivity contribution in [2.75, 3.05) is 0 Å². The summed E-state index contributed by atoms with van der Waals surface area (Å²) in [5.41, 5.74) is 0.225. The molecule has 0 spiro atoms. The molecular weight excluding hydrogens is 468 g/mol. The molecule has 9 atom stereocenters. The van der Waals surface area contributed by atoms with Gasteiger partial charge in [-0.3, -0.25) is 4.79 Å². The second-order valence-corrected chi connectivity index (χ2v) is 15.0. The van der Waals surface area contributed by atoms with Crippen LogP contribution in [0.2, 0.25) is 0 Å². The molecule has 5 aliphatic rings. The number of aliphatic hydroxyl groups excluding tert-OH is 1. The number of ketones is 1. The molecule has 0 aromatic carbocycles. The van der Waals surface area contributed by atoms with E-state index in [2.05, 4.69) is 34.6 Å². The van der Waals surface area contributed by atoms with Gasteiger partial charge in [0.1, 0.15) is 11.9 Å². The topological polar surface area (TPSA) is 110 Å². The highest BCUT2D eigenvalue weighted by atomic mass is 16.6. The summed E-state index contributed by atoms with van der Waals surface area (Å²) < 4.78 is 5.71. The average Bonchev–Trinajstić information content (AvgIpc) is 3.29. The summed E-state index contributed by atoms with van der Waals surface area (Å²) in [7, 11) is 0. The molecule has 1 aliphatic heterocycles. The van der Waals surface area contributed by atoms with Crippen LogP contribution in [0.4, 0.5) is 0 Å². The van der Waals surface area contributed by atoms with Gasteiger partial charge in [-0.15, -0.1) is 0 Å². The SMILES string of the molecule is C[C@H](C[C@](O)(CC(=O)[O-])[C@H]1OC1(C)C)C1=C2C[C@H](O)[C@@H]3[C@H](CCC4C(C)(C)C(=O)CC[C@@]43C)[C@@]2(C)CC1. The van der Waals surface area contributed by atoms with Crippen LogP contribution >= 0.6 is 0 Å². The van der Waals surface area contributed by atoms with Gasteiger partial charge in [0, 0.05) is 24.2 Å². The fraction of sp³-hybridized carbons (Fsp3) is 0.871. The highest BCUT2D eigenvalue weighted by Crippen LogP contribution is 2.69. The van der Waals surface area contributed by atoms with E-state index < -0.39 is 35.8 Å². The van der Waals surface area contributed by atoms with Crippen molar-refractivity contribution in [2.45, 2.75) is 130 Å². The monoisotopic (exact) mass is 515 g/mol. The molecule has 6 nitrogen and oxygen atoms in total. The van der Waals surface area contributed by atoms with Gasteiger partial charge in [-0.05, 0) is 93.3 Å². The Balaban J connectivity index is 1.44. The highest BCUT2D eigenvalue weighted by molar-refractivity contribution is 5.85. The number of fused-ring (bicyclic) bond motifs is 5. The van der Waals surface area contributed by atoms with E-state index in [4.69, 9.17) is 4.74 Å². The molecule has 5 rings (SSSR count). The quantitative estimate of drug-likeness (QED) is 0.409. The fourth-order valence-corrected chi connectivity index (χ4v) is 10.3. The maximum atomic E-state index is 12.9. The lowest BCUT2D eigenvalue weighted by Crippen LogP contribution is -2.61. The van der Waals surface area contributed by atoms with Crippen molar-refractivity contribution in [3.63, 3.8) is 0 Å². The van der Waals surface area contributed by atoms with Crippen molar-refractivity contribution >= 4 is 11.8 Å². The van der Waals surface area contributed by atoms with Crippen LogP contribution in [-0.2, 0) is 14.3 Å². The predicted molar refractivity (Wildman–Crippen MR) is 138 cm³/mol. The van der Waals surface area contributed by atoms with Gasteiger partial charge < -0.3 is 24.9 Å². The van der Waals surface area contributed by atoms with E-state index in [0.29, 0.717) is 36.9 Å². The number of rotatable bonds is 6. The maximum absolute atomic E-state index is 12.9. The molecule has 0 radical (unpaired) electrons. The van der Waals surface area contributed by atoms with E-state index in [1.807, 2.05) is 13.8 Å². The van der Waals surface area contributed by atoms with E-state index >= 15 is 0 Å². The van der Waals surface area contributed by atoms with Crippen molar-refractivity contribution in [3.8, 4) is 0 Å². The van der Waals surface area contributed by atoms with E-state index in [0.717, 1.165) is 32.1 Å². The van der Waals surface area contributed by atoms with Crippen molar-refractivity contribution in [1.82, 2.24) is 0 Å². The Bertz CT molecular complexity index is 1030. The Hall–Kier alpha value is -1.24. The molecule has 1 unspecified atom stereocenters. The summed E-state index contributed by atoms with van der Waals surface area (Å²) in [6.45, 7) is 14.8. The fourth-order valence-electron chi connectivity index (χ4n) is 10.3. The minimum absolute atomic E-state index is 0.00507. The smallest absolute Gasteiger partial charge is 0.138 e. The number of ether oxygens (including phenoxy) is 1. The van der Waals surface area contributed by atoms with Crippen molar-refractivity contribution in [1.29, 1.82) is 0 Å². The molecule has 0 amide bonds. The molecule has 4 aliphatic carbocycles. The molecule has 37 heavy (non-hydrogen) atoms. The van der Waals surface area contributed by atoms with Gasteiger partial charge in [0.05, 0.1) is 17.3 Å². The first-order chi connectivity index (χ1) is 17.0. The lowest BCUT2D eigenvalue weighted by atomic mass is 9.40. The number of aliphatic hydroxyl groups is 2. The zero-order valence-corrected chi connectivity index (χ0v) is 23.9. The third-order valence-electron chi connectivity index (χ3n) is 12.1. The normalized spacial score (nSPS) is 44.4. The van der Waals surface area contributed by atoms with Gasteiger partial charge >= 0.3 is 0 Å². The molecule has 0 bridgehead atoms. The molecule has 2 N–H and O–H groups in total. The Morgan fingerprint density at radius 3 is 2.38 bits per heavy atom. The molecule has 6 heteroatoms. The zero-order chi connectivity index (χ0) is 27.3. The summed E-state index contributed by atoms with van der Waals surface area (Å²) >= 11 is 0. The largest absolute Gasteiger partial charge is 0.550 e. The number of aliphatic carboxylic acids is 1. The second-order valence-electron chi connectivity index (χ2n) is 15.0. The lowest BCUT2D eigenvalue weighted by molar-refractivity contribution is -0.309. The van der Waals surface area contributed by atoms with Crippen LogP contribution in [0, 0.1) is 39.9 Å². The molecule has 1 heterocycles. The van der Waals surface area contributed by atoms with Crippen molar-refractivity contribution in [2.24, 2.45) is 39.9 Å². The Kier molecular flexibility index (Phi) is 6.19. The summed E-state index contributed by atoms with van der Waals surface area (Å²) in [6, 6.07) is 0. The summed E-state index contributed by atoms with van der Waals surface area (Å²) in [4.78, 5) is 24.4. The predicted octanol–water partition coefficient (Wildman–Crippen LogP) is 3.96. The Labute approximate surface area is 222 Å². The Morgan fingerprint density at radius 1 is 1.14 bits per heavy atom. The first-order valence-electron chi connectivity index (χ1n) is 14.5. The van der Waals surface area contributed by atoms with Crippen molar-refractivity contribution < 1.29 is 29.6 Å². The third-order valence-corrected chi connectivity index (χ3v) is 12.1. The van der Waals surface area contributed by atoms with Crippen LogP contribution in [0.5, 0.6) is 0 Å². The number of carboxylic acid groups (broad SMARTS) is 1. The Morgan fingerprint density at radius 2 is 1.78 bits per heavy atom. The van der Waals surface area contributed by atoms with Crippen LogP contribution in [0.3, 0.4) is 0 Å². The molecule has 1 saturated heterocycles. The minimum atomic E-state index is -1.48. The molecule has 208 valence electrons. The summed E-state index contributed by atoms with van der Waals surface area (Å²) in [6.07, 6.45) is 5.01. The number of carboxylic acids is 1. The van der Waals surface area contributed by atoms with Gasteiger partial charge in [-0.2, -0.15) is 0 Å². The van der Waals surface area contributed by atoms with Crippen LogP contribution < -0.4 is 5.11 Å². The summed E-state index contributed by atoms with van der Waals surface area (Å²) in [5, 5.41) is 34.8. The molecule has 0 aromatic heterocycles. The maximum Gasteiger partial charge on any atom is 0.138 e. The number of Topliss-reactive ketones (excluding diaryl/α,β-unsaturated/α-hetero) is 1. The van der Waals surface area contributed by atoms with Crippen LogP contribution in [0.25, 0.3) is 0 Å². The highest BCUT2D eigenvalue weighted by Gasteiger charge is 2.65. The van der Waals surface area contributed by atoms with E-state index in [1.165, 1.54) is 11.1 Å². The van der Waals surface area contributed by atoms with Crippen LogP contribution in [-0.4, -0.2) is 45.4 Å². The minimum Gasteiger partial charge on any atom is -0.550 e. The number of hydrogen-bond acceptors (Lipinski definition) is 6. The molecular formula is C31H47O6-. The number of epoxide rings is 1. The third kappa shape index (κ3) is 3.98. The van der Waals surface area contributed by atoms with Crippen molar-refractivity contribution in [3.05, 3.63) is 11.1 Å². The van der Waals surface area contributed by atoms with E-state index in [1.54, 1.807) is 0 Å². The number of carbonyl (C=O) groups excluding carboxylic acids is 2. The van der Waals surface area contributed by atoms with Gasteiger partial charge in [-0.1, -0.05) is 45.8 Å². The molecule has 4 fully saturated rings. The standard InChI is InChI=1S/C31H48O6/c1-17(15-31(36,16-24(34)35)26-28(4,5)37-26)18-10-12-29(6)19-8-9-22-27(2,3)23(33)11-13-30(22,7)25(19)21(32)14-20(18)29/h17,19,21-22,25-26,32,36H,8-16H2,1-7H3,(H,34,35)/p-1/t17-,19+,21+,22?,25+,26+,29-,30+,31+/m1/s1. The van der Waals surface area contributed by atoms with Gasteiger partial charge in [0.2, 0.25) is 0 Å². The van der Waals surface area contributed by atoms with Gasteiger partial charge in [0.25, 0.3) is 0 Å². The number of allylic oxidation sites excluding steroid dienone is 1. The van der Waals surface area contributed by atoms with E-state index in [9.17, 15) is 24.9 Å². The van der Waals surface area contributed by atoms with Gasteiger partial charge in [-0.25, -0.2) is 0 Å².